The van der Waals surface area contributed by atoms with Gasteiger partial charge in [-0.2, -0.15) is 5.26 Å². The Morgan fingerprint density at radius 3 is 2.59 bits per heavy atom. The van der Waals surface area contributed by atoms with Crippen LogP contribution in [0.5, 0.6) is 5.75 Å². The van der Waals surface area contributed by atoms with Crippen LogP contribution in [-0.4, -0.2) is 9.55 Å². The van der Waals surface area contributed by atoms with Crippen molar-refractivity contribution >= 4 is 0 Å². The van der Waals surface area contributed by atoms with E-state index in [1.807, 2.05) is 55.5 Å². The number of ether oxygens (including phenoxy) is 1. The summed E-state index contributed by atoms with van der Waals surface area (Å²) in [5.74, 6) is 0.0328. The third-order valence-electron chi connectivity index (χ3n) is 5.18. The fourth-order valence-corrected chi connectivity index (χ4v) is 3.71. The van der Waals surface area contributed by atoms with E-state index in [9.17, 15) is 10.1 Å². The minimum atomic E-state index is -0.456. The molecular formula is C23H20N4O2. The number of nitriles is 1. The standard InChI is InChI=1S/C23H20N4O2/c1-15-11-20-21(23(28)27(15)14-17-7-9-26-10-8-17)18(19(13-24)22(25)29-20)12-16-5-3-2-4-6-16/h2-11,18H,12,14,25H2,1H3. The number of aryl methyl sites for hydroxylation is 1. The van der Waals surface area contributed by atoms with E-state index < -0.39 is 5.92 Å². The third-order valence-corrected chi connectivity index (χ3v) is 5.18. The van der Waals surface area contributed by atoms with Crippen molar-refractivity contribution in [2.75, 3.05) is 0 Å². The summed E-state index contributed by atoms with van der Waals surface area (Å²) in [5, 5.41) is 9.70. The van der Waals surface area contributed by atoms with Gasteiger partial charge in [0.25, 0.3) is 5.56 Å². The Kier molecular flexibility index (Phi) is 4.88. The van der Waals surface area contributed by atoms with Gasteiger partial charge in [0.15, 0.2) is 0 Å². The van der Waals surface area contributed by atoms with Crippen LogP contribution in [0.2, 0.25) is 0 Å². The van der Waals surface area contributed by atoms with Gasteiger partial charge in [0.2, 0.25) is 5.88 Å². The van der Waals surface area contributed by atoms with Crippen LogP contribution < -0.4 is 16.0 Å². The Hall–Kier alpha value is -3.85. The Labute approximate surface area is 168 Å². The van der Waals surface area contributed by atoms with Crippen molar-refractivity contribution in [3.63, 3.8) is 0 Å². The van der Waals surface area contributed by atoms with Crippen LogP contribution in [0.15, 0.2) is 77.2 Å². The number of allylic oxidation sites excluding steroid dienone is 1. The number of benzene rings is 1. The molecule has 0 fully saturated rings. The third kappa shape index (κ3) is 3.50. The van der Waals surface area contributed by atoms with E-state index in [1.165, 1.54) is 0 Å². The van der Waals surface area contributed by atoms with E-state index in [0.717, 1.165) is 16.8 Å². The Balaban J connectivity index is 1.84. The summed E-state index contributed by atoms with van der Waals surface area (Å²) in [6.07, 6.45) is 3.90. The van der Waals surface area contributed by atoms with E-state index in [2.05, 4.69) is 11.1 Å². The first-order valence-corrected chi connectivity index (χ1v) is 9.33. The summed E-state index contributed by atoms with van der Waals surface area (Å²) < 4.78 is 7.38. The van der Waals surface area contributed by atoms with Gasteiger partial charge >= 0.3 is 0 Å². The molecule has 6 heteroatoms. The molecule has 1 aliphatic rings. The lowest BCUT2D eigenvalue weighted by atomic mass is 9.85. The van der Waals surface area contributed by atoms with E-state index in [1.54, 1.807) is 17.0 Å². The Morgan fingerprint density at radius 1 is 1.17 bits per heavy atom. The van der Waals surface area contributed by atoms with Crippen LogP contribution >= 0.6 is 0 Å². The van der Waals surface area contributed by atoms with Gasteiger partial charge in [0.1, 0.15) is 11.8 Å². The SMILES string of the molecule is Cc1cc2c(c(=O)n1Cc1ccncc1)C(Cc1ccccc1)C(C#N)=C(N)O2. The zero-order chi connectivity index (χ0) is 20.4. The van der Waals surface area contributed by atoms with Crippen LogP contribution in [0.3, 0.4) is 0 Å². The number of nitrogens with zero attached hydrogens (tertiary/aromatic N) is 3. The summed E-state index contributed by atoms with van der Waals surface area (Å²) >= 11 is 0. The molecule has 0 bridgehead atoms. The highest BCUT2D eigenvalue weighted by Gasteiger charge is 2.33. The van der Waals surface area contributed by atoms with Gasteiger partial charge in [-0.15, -0.1) is 0 Å². The molecule has 4 rings (SSSR count). The quantitative estimate of drug-likeness (QED) is 0.746. The lowest BCUT2D eigenvalue weighted by Gasteiger charge is -2.27. The van der Waals surface area contributed by atoms with Gasteiger partial charge in [-0.05, 0) is 36.6 Å². The first-order valence-electron chi connectivity index (χ1n) is 9.33. The van der Waals surface area contributed by atoms with Crippen molar-refractivity contribution < 1.29 is 4.74 Å². The summed E-state index contributed by atoms with van der Waals surface area (Å²) in [6.45, 7) is 2.28. The highest BCUT2D eigenvalue weighted by atomic mass is 16.5. The second-order valence-electron chi connectivity index (χ2n) is 7.04. The summed E-state index contributed by atoms with van der Waals surface area (Å²) in [4.78, 5) is 17.5. The first kappa shape index (κ1) is 18.5. The molecule has 1 atom stereocenters. The molecule has 0 aliphatic carbocycles. The lowest BCUT2D eigenvalue weighted by molar-refractivity contribution is 0.382. The van der Waals surface area contributed by atoms with Crippen LogP contribution in [-0.2, 0) is 13.0 Å². The van der Waals surface area contributed by atoms with Gasteiger partial charge in [0.05, 0.1) is 17.7 Å². The Bertz CT molecular complexity index is 1180. The molecule has 0 spiro atoms. The molecule has 3 aromatic rings. The van der Waals surface area contributed by atoms with Gasteiger partial charge in [-0.1, -0.05) is 30.3 Å². The van der Waals surface area contributed by atoms with Gasteiger partial charge in [-0.3, -0.25) is 9.78 Å². The average Bonchev–Trinajstić information content (AvgIpc) is 2.72. The van der Waals surface area contributed by atoms with Crippen LogP contribution in [0.4, 0.5) is 0 Å². The molecule has 0 saturated carbocycles. The second-order valence-corrected chi connectivity index (χ2v) is 7.04. The Morgan fingerprint density at radius 2 is 1.90 bits per heavy atom. The summed E-state index contributed by atoms with van der Waals surface area (Å²) in [5.41, 5.74) is 9.37. The summed E-state index contributed by atoms with van der Waals surface area (Å²) in [7, 11) is 0. The number of pyridine rings is 2. The topological polar surface area (TPSA) is 93.9 Å². The van der Waals surface area contributed by atoms with Crippen molar-refractivity contribution in [2.24, 2.45) is 5.73 Å². The van der Waals surface area contributed by atoms with Crippen molar-refractivity contribution in [1.82, 2.24) is 9.55 Å². The zero-order valence-electron chi connectivity index (χ0n) is 16.0. The zero-order valence-corrected chi connectivity index (χ0v) is 16.0. The molecule has 29 heavy (non-hydrogen) atoms. The van der Waals surface area contributed by atoms with Crippen molar-refractivity contribution in [3.05, 3.63) is 105 Å². The fourth-order valence-electron chi connectivity index (χ4n) is 3.71. The smallest absolute Gasteiger partial charge is 0.258 e. The number of aromatic nitrogens is 2. The molecule has 0 radical (unpaired) electrons. The molecule has 0 amide bonds. The molecule has 144 valence electrons. The fraction of sp³-hybridized carbons (Fsp3) is 0.174. The van der Waals surface area contributed by atoms with Gasteiger partial charge in [0, 0.05) is 30.1 Å². The van der Waals surface area contributed by atoms with Crippen LogP contribution in [0.25, 0.3) is 0 Å². The second kappa shape index (κ2) is 7.64. The number of nitrogens with two attached hydrogens (primary N) is 1. The van der Waals surface area contributed by atoms with Crippen LogP contribution in [0.1, 0.15) is 28.3 Å². The predicted molar refractivity (Wildman–Crippen MR) is 109 cm³/mol. The maximum Gasteiger partial charge on any atom is 0.258 e. The van der Waals surface area contributed by atoms with E-state index in [0.29, 0.717) is 24.3 Å². The van der Waals surface area contributed by atoms with E-state index in [-0.39, 0.29) is 17.0 Å². The highest BCUT2D eigenvalue weighted by molar-refractivity contribution is 5.50. The molecule has 3 heterocycles. The van der Waals surface area contributed by atoms with E-state index in [4.69, 9.17) is 10.5 Å². The molecule has 1 unspecified atom stereocenters. The van der Waals surface area contributed by atoms with Crippen LogP contribution in [0, 0.1) is 18.3 Å². The molecule has 1 aromatic carbocycles. The molecule has 2 aromatic heterocycles. The predicted octanol–water partition coefficient (Wildman–Crippen LogP) is 3.01. The van der Waals surface area contributed by atoms with Crippen molar-refractivity contribution in [3.8, 4) is 11.8 Å². The molecular weight excluding hydrogens is 364 g/mol. The maximum absolute atomic E-state index is 13.5. The largest absolute Gasteiger partial charge is 0.440 e. The summed E-state index contributed by atoms with van der Waals surface area (Å²) in [6, 6.07) is 17.5. The molecule has 6 nitrogen and oxygen atoms in total. The normalized spacial score (nSPS) is 15.4. The lowest BCUT2D eigenvalue weighted by Crippen LogP contribution is -2.33. The monoisotopic (exact) mass is 384 g/mol. The number of hydrogen-bond acceptors (Lipinski definition) is 5. The van der Waals surface area contributed by atoms with Gasteiger partial charge in [-0.25, -0.2) is 0 Å². The van der Waals surface area contributed by atoms with E-state index >= 15 is 0 Å². The average molecular weight is 384 g/mol. The van der Waals surface area contributed by atoms with Crippen molar-refractivity contribution in [2.45, 2.75) is 25.8 Å². The molecule has 1 aliphatic heterocycles. The number of hydrogen-bond donors (Lipinski definition) is 1. The molecule has 2 N–H and O–H groups in total. The number of rotatable bonds is 4. The number of fused-ring (bicyclic) bond motifs is 1. The minimum Gasteiger partial charge on any atom is -0.440 e. The maximum atomic E-state index is 13.5. The van der Waals surface area contributed by atoms with Gasteiger partial charge < -0.3 is 15.0 Å². The minimum absolute atomic E-state index is 0.0617. The molecule has 0 saturated heterocycles. The van der Waals surface area contributed by atoms with Crippen molar-refractivity contribution in [1.29, 1.82) is 5.26 Å². The first-order chi connectivity index (χ1) is 14.1. The highest BCUT2D eigenvalue weighted by Crippen LogP contribution is 2.38.